The second-order valence-corrected chi connectivity index (χ2v) is 9.58. The molecule has 11 nitrogen and oxygen atoms in total. The number of fused-ring (bicyclic) bond motifs is 1. The fourth-order valence-corrected chi connectivity index (χ4v) is 4.77. The van der Waals surface area contributed by atoms with Crippen molar-refractivity contribution >= 4 is 46.3 Å². The van der Waals surface area contributed by atoms with Gasteiger partial charge in [0.2, 0.25) is 5.91 Å². The molecule has 3 amide bonds. The highest BCUT2D eigenvalue weighted by Crippen LogP contribution is 2.37. The van der Waals surface area contributed by atoms with Gasteiger partial charge in [0.1, 0.15) is 31.3 Å². The number of nitro benzene ring substituents is 1. The summed E-state index contributed by atoms with van der Waals surface area (Å²) in [5, 5.41) is 13.6. The normalized spacial score (nSPS) is 15.7. The fraction of sp³-hybridized carbons (Fsp3) is 0.192. The van der Waals surface area contributed by atoms with E-state index in [1.54, 1.807) is 43.3 Å². The topological polar surface area (TPSA) is 141 Å². The molecule has 5 rings (SSSR count). The lowest BCUT2D eigenvalue weighted by atomic mass is 10.0. The van der Waals surface area contributed by atoms with Crippen LogP contribution in [0.2, 0.25) is 0 Å². The Kier molecular flexibility index (Phi) is 6.64. The number of ether oxygens (including phenoxy) is 2. The standard InChI is InChI=1S/C26H21N3O8S/c1-14-9-18(19(29(33)34)10-15(14)2)20-6-4-17(37-20)12-23-25(31)28(26(32)38-23)13-24(30)27-16-3-5-21-22(11-16)36-8-7-35-21/h3-6,9-12H,7-8,13H2,1-2H3,(H,27,30)/b23-12-. The van der Waals surface area contributed by atoms with Crippen LogP contribution in [-0.2, 0) is 9.59 Å². The fourth-order valence-electron chi connectivity index (χ4n) is 3.96. The molecule has 0 saturated carbocycles. The third-order valence-corrected chi connectivity index (χ3v) is 6.88. The van der Waals surface area contributed by atoms with Crippen molar-refractivity contribution in [1.82, 2.24) is 4.90 Å². The molecule has 3 aromatic rings. The maximum absolute atomic E-state index is 12.9. The number of rotatable bonds is 6. The Morgan fingerprint density at radius 2 is 1.82 bits per heavy atom. The molecule has 1 fully saturated rings. The highest BCUT2D eigenvalue weighted by molar-refractivity contribution is 8.18. The molecule has 1 aromatic heterocycles. The summed E-state index contributed by atoms with van der Waals surface area (Å²) in [6.07, 6.45) is 1.38. The predicted molar refractivity (Wildman–Crippen MR) is 139 cm³/mol. The van der Waals surface area contributed by atoms with E-state index in [1.165, 1.54) is 12.1 Å². The van der Waals surface area contributed by atoms with Crippen molar-refractivity contribution in [1.29, 1.82) is 0 Å². The van der Waals surface area contributed by atoms with E-state index in [0.717, 1.165) is 16.0 Å². The number of nitro groups is 1. The van der Waals surface area contributed by atoms with Crippen molar-refractivity contribution in [2.24, 2.45) is 0 Å². The number of nitrogens with one attached hydrogen (secondary N) is 1. The van der Waals surface area contributed by atoms with Crippen LogP contribution < -0.4 is 14.8 Å². The number of anilines is 1. The van der Waals surface area contributed by atoms with Crippen LogP contribution in [0.5, 0.6) is 11.5 Å². The molecular formula is C26H21N3O8S. The number of hydrogen-bond acceptors (Lipinski definition) is 9. The lowest BCUT2D eigenvalue weighted by Gasteiger charge is -2.19. The highest BCUT2D eigenvalue weighted by Gasteiger charge is 2.36. The first-order valence-electron chi connectivity index (χ1n) is 11.5. The Hall–Kier alpha value is -4.58. The maximum Gasteiger partial charge on any atom is 0.294 e. The molecule has 0 bridgehead atoms. The second kappa shape index (κ2) is 10.1. The summed E-state index contributed by atoms with van der Waals surface area (Å²) in [5.74, 6) is 0.341. The molecule has 12 heteroatoms. The second-order valence-electron chi connectivity index (χ2n) is 8.59. The highest BCUT2D eigenvalue weighted by atomic mass is 32.2. The molecule has 0 radical (unpaired) electrons. The average molecular weight is 536 g/mol. The monoisotopic (exact) mass is 535 g/mol. The summed E-state index contributed by atoms with van der Waals surface area (Å²) < 4.78 is 16.7. The first-order valence-corrected chi connectivity index (χ1v) is 12.3. The molecule has 2 aliphatic rings. The number of imide groups is 1. The van der Waals surface area contributed by atoms with Gasteiger partial charge in [-0.15, -0.1) is 0 Å². The van der Waals surface area contributed by atoms with E-state index in [1.807, 2.05) is 6.92 Å². The third kappa shape index (κ3) is 4.98. The van der Waals surface area contributed by atoms with Gasteiger partial charge in [0.15, 0.2) is 11.5 Å². The molecular weight excluding hydrogens is 514 g/mol. The zero-order chi connectivity index (χ0) is 27.0. The Bertz CT molecular complexity index is 1530. The van der Waals surface area contributed by atoms with Crippen molar-refractivity contribution in [3.8, 4) is 22.8 Å². The van der Waals surface area contributed by atoms with Crippen molar-refractivity contribution in [2.75, 3.05) is 25.1 Å². The number of thioether (sulfide) groups is 1. The van der Waals surface area contributed by atoms with Gasteiger partial charge < -0.3 is 19.2 Å². The summed E-state index contributed by atoms with van der Waals surface area (Å²) in [6, 6.07) is 11.2. The summed E-state index contributed by atoms with van der Waals surface area (Å²) in [5.41, 5.74) is 2.28. The van der Waals surface area contributed by atoms with Crippen LogP contribution in [0, 0.1) is 24.0 Å². The van der Waals surface area contributed by atoms with Crippen molar-refractivity contribution in [3.63, 3.8) is 0 Å². The van der Waals surface area contributed by atoms with Crippen LogP contribution in [0.15, 0.2) is 51.8 Å². The molecule has 3 heterocycles. The van der Waals surface area contributed by atoms with E-state index in [9.17, 15) is 24.5 Å². The lowest BCUT2D eigenvalue weighted by Crippen LogP contribution is -2.36. The number of carbonyl (C=O) groups is 3. The van der Waals surface area contributed by atoms with Crippen molar-refractivity contribution < 1.29 is 33.2 Å². The van der Waals surface area contributed by atoms with Crippen LogP contribution >= 0.6 is 11.8 Å². The molecule has 194 valence electrons. The van der Waals surface area contributed by atoms with Gasteiger partial charge in [-0.05, 0) is 67.1 Å². The van der Waals surface area contributed by atoms with Gasteiger partial charge in [-0.3, -0.25) is 29.4 Å². The van der Waals surface area contributed by atoms with Gasteiger partial charge in [0.05, 0.1) is 15.4 Å². The van der Waals surface area contributed by atoms with Crippen molar-refractivity contribution in [2.45, 2.75) is 13.8 Å². The zero-order valence-corrected chi connectivity index (χ0v) is 21.1. The summed E-state index contributed by atoms with van der Waals surface area (Å²) in [4.78, 5) is 49.9. The smallest absolute Gasteiger partial charge is 0.294 e. The minimum absolute atomic E-state index is 0.0672. The summed E-state index contributed by atoms with van der Waals surface area (Å²) >= 11 is 0.675. The van der Waals surface area contributed by atoms with E-state index >= 15 is 0 Å². The number of amides is 3. The molecule has 1 saturated heterocycles. The van der Waals surface area contributed by atoms with Gasteiger partial charge in [0.25, 0.3) is 16.8 Å². The number of carbonyl (C=O) groups excluding carboxylic acids is 3. The quantitative estimate of drug-likeness (QED) is 0.264. The van der Waals surface area contributed by atoms with Gasteiger partial charge in [-0.1, -0.05) is 0 Å². The van der Waals surface area contributed by atoms with E-state index < -0.39 is 28.5 Å². The van der Waals surface area contributed by atoms with Crippen LogP contribution in [-0.4, -0.2) is 46.6 Å². The van der Waals surface area contributed by atoms with E-state index in [0.29, 0.717) is 47.7 Å². The number of benzene rings is 2. The number of furan rings is 1. The molecule has 1 N–H and O–H groups in total. The minimum Gasteiger partial charge on any atom is -0.486 e. The van der Waals surface area contributed by atoms with Crippen LogP contribution in [0.3, 0.4) is 0 Å². The van der Waals surface area contributed by atoms with E-state index in [4.69, 9.17) is 13.9 Å². The first-order chi connectivity index (χ1) is 18.2. The van der Waals surface area contributed by atoms with E-state index in [2.05, 4.69) is 5.32 Å². The van der Waals surface area contributed by atoms with Gasteiger partial charge in [0, 0.05) is 23.9 Å². The van der Waals surface area contributed by atoms with Gasteiger partial charge in [-0.25, -0.2) is 0 Å². The molecule has 0 aliphatic carbocycles. The first kappa shape index (κ1) is 25.1. The Labute approximate surface area is 220 Å². The Morgan fingerprint density at radius 3 is 2.58 bits per heavy atom. The SMILES string of the molecule is Cc1cc(-c2ccc(/C=C3\SC(=O)N(CC(=O)Nc4ccc5c(c4)OCCO5)C3=O)o2)c([N+](=O)[O-])cc1C. The Morgan fingerprint density at radius 1 is 1.08 bits per heavy atom. The Balaban J connectivity index is 1.29. The molecule has 0 spiro atoms. The molecule has 0 atom stereocenters. The van der Waals surface area contributed by atoms with Crippen molar-refractivity contribution in [3.05, 3.63) is 74.4 Å². The minimum atomic E-state index is -0.646. The molecule has 2 aromatic carbocycles. The molecule has 2 aliphatic heterocycles. The lowest BCUT2D eigenvalue weighted by molar-refractivity contribution is -0.384. The average Bonchev–Trinajstić information content (AvgIpc) is 3.45. The number of aryl methyl sites for hydroxylation is 2. The molecule has 38 heavy (non-hydrogen) atoms. The maximum atomic E-state index is 12.9. The van der Waals surface area contributed by atoms with Gasteiger partial charge >= 0.3 is 0 Å². The summed E-state index contributed by atoms with van der Waals surface area (Å²) in [6.45, 7) is 3.98. The zero-order valence-electron chi connectivity index (χ0n) is 20.3. The largest absolute Gasteiger partial charge is 0.486 e. The number of hydrogen-bond donors (Lipinski definition) is 1. The predicted octanol–water partition coefficient (Wildman–Crippen LogP) is 4.92. The third-order valence-electron chi connectivity index (χ3n) is 5.98. The number of nitrogens with zero attached hydrogens (tertiary/aromatic N) is 2. The van der Waals surface area contributed by atoms with E-state index in [-0.39, 0.29) is 22.1 Å². The van der Waals surface area contributed by atoms with Crippen LogP contribution in [0.25, 0.3) is 17.4 Å². The summed E-state index contributed by atoms with van der Waals surface area (Å²) in [7, 11) is 0. The molecule has 0 unspecified atom stereocenters. The van der Waals surface area contributed by atoms with Crippen LogP contribution in [0.4, 0.5) is 16.2 Å². The van der Waals surface area contributed by atoms with Crippen LogP contribution in [0.1, 0.15) is 16.9 Å². The van der Waals surface area contributed by atoms with Gasteiger partial charge in [-0.2, -0.15) is 0 Å².